The third-order valence-electron chi connectivity index (χ3n) is 6.80. The molecule has 204 valence electrons. The maximum Gasteiger partial charge on any atom is 0.252 e. The molecule has 4 unspecified atom stereocenters. The van der Waals surface area contributed by atoms with Gasteiger partial charge in [0.2, 0.25) is 0 Å². The summed E-state index contributed by atoms with van der Waals surface area (Å²) in [6.07, 6.45) is -3.53. The normalized spacial score (nSPS) is 20.9. The Bertz CT molecular complexity index is 1360. The van der Waals surface area contributed by atoms with Crippen LogP contribution >= 0.6 is 0 Å². The van der Waals surface area contributed by atoms with Crippen molar-refractivity contribution in [3.63, 3.8) is 0 Å². The minimum atomic E-state index is -1.40. The largest absolute Gasteiger partial charge is 0.387 e. The molecular weight excluding hydrogens is 498 g/mol. The third-order valence-corrected chi connectivity index (χ3v) is 6.80. The Hall–Kier alpha value is -3.90. The van der Waals surface area contributed by atoms with Gasteiger partial charge in [-0.05, 0) is 25.1 Å². The number of amides is 1. The van der Waals surface area contributed by atoms with Gasteiger partial charge in [-0.25, -0.2) is 15.0 Å². The average molecular weight is 532 g/mol. The fourth-order valence-electron chi connectivity index (χ4n) is 4.89. The van der Waals surface area contributed by atoms with Crippen molar-refractivity contribution in [2.45, 2.75) is 43.9 Å². The maximum absolute atomic E-state index is 12.4. The smallest absolute Gasteiger partial charge is 0.252 e. The quantitative estimate of drug-likeness (QED) is 0.206. The Balaban J connectivity index is 1.48. The van der Waals surface area contributed by atoms with Gasteiger partial charge in [-0.15, -0.1) is 0 Å². The van der Waals surface area contributed by atoms with E-state index in [4.69, 9.17) is 9.72 Å². The van der Waals surface area contributed by atoms with E-state index < -0.39 is 30.4 Å². The van der Waals surface area contributed by atoms with Crippen molar-refractivity contribution in [1.29, 1.82) is 0 Å². The van der Waals surface area contributed by atoms with E-state index in [1.807, 2.05) is 36.4 Å². The molecule has 1 amide bonds. The summed E-state index contributed by atoms with van der Waals surface area (Å²) in [5.41, 5.74) is 3.23. The summed E-state index contributed by atoms with van der Waals surface area (Å²) in [6, 6.07) is 20.5. The predicted octanol–water partition coefficient (Wildman–Crippen LogP) is 1.54. The van der Waals surface area contributed by atoms with E-state index >= 15 is 0 Å². The number of imidazole rings is 1. The van der Waals surface area contributed by atoms with Gasteiger partial charge in [0.1, 0.15) is 18.0 Å². The lowest BCUT2D eigenvalue weighted by atomic mass is 9.91. The number of likely N-dealkylation sites (N-methyl/N-ethyl adjacent to an activating group) is 1. The van der Waals surface area contributed by atoms with Crippen LogP contribution < -0.4 is 16.0 Å². The Labute approximate surface area is 226 Å². The van der Waals surface area contributed by atoms with Gasteiger partial charge in [-0.3, -0.25) is 9.36 Å². The summed E-state index contributed by atoms with van der Waals surface area (Å²) in [6.45, 7) is 3.09. The summed E-state index contributed by atoms with van der Waals surface area (Å²) in [4.78, 5) is 26.3. The van der Waals surface area contributed by atoms with Gasteiger partial charge in [-0.2, -0.15) is 0 Å². The molecule has 1 aliphatic heterocycles. The van der Waals surface area contributed by atoms with Crippen molar-refractivity contribution >= 4 is 22.9 Å². The minimum absolute atomic E-state index is 0.0558. The summed E-state index contributed by atoms with van der Waals surface area (Å²) in [7, 11) is 1.80. The van der Waals surface area contributed by atoms with E-state index in [0.29, 0.717) is 42.4 Å². The molecule has 1 aliphatic rings. The van der Waals surface area contributed by atoms with Crippen LogP contribution in [0.2, 0.25) is 0 Å². The summed E-state index contributed by atoms with van der Waals surface area (Å²) in [5.74, 6) is 0.615. The molecule has 5 N–H and O–H groups in total. The van der Waals surface area contributed by atoms with Crippen LogP contribution in [-0.4, -0.2) is 74.1 Å². The van der Waals surface area contributed by atoms with Crippen LogP contribution in [0.25, 0.3) is 11.2 Å². The zero-order valence-corrected chi connectivity index (χ0v) is 21.9. The number of anilines is 1. The molecular formula is C28H33N7O4. The fraction of sp³-hybridized carbons (Fsp3) is 0.357. The summed E-state index contributed by atoms with van der Waals surface area (Å²) >= 11 is 0. The van der Waals surface area contributed by atoms with Gasteiger partial charge in [0, 0.05) is 19.0 Å². The molecule has 0 bridgehead atoms. The summed E-state index contributed by atoms with van der Waals surface area (Å²) < 4.78 is 7.36. The molecule has 4 aromatic rings. The van der Waals surface area contributed by atoms with Crippen molar-refractivity contribution in [3.8, 4) is 0 Å². The average Bonchev–Trinajstić information content (AvgIpc) is 3.51. The molecule has 11 heteroatoms. The van der Waals surface area contributed by atoms with Crippen molar-refractivity contribution in [2.75, 3.05) is 25.5 Å². The van der Waals surface area contributed by atoms with Crippen LogP contribution in [0.3, 0.4) is 0 Å². The highest BCUT2D eigenvalue weighted by Crippen LogP contribution is 2.33. The van der Waals surface area contributed by atoms with E-state index in [9.17, 15) is 15.0 Å². The lowest BCUT2D eigenvalue weighted by Crippen LogP contribution is -2.42. The zero-order valence-electron chi connectivity index (χ0n) is 21.9. The number of hydrogen-bond acceptors (Lipinski definition) is 9. The number of carbonyl (C=O) groups is 1. The Kier molecular flexibility index (Phi) is 8.13. The number of aliphatic hydroxyl groups excluding tert-OH is 2. The van der Waals surface area contributed by atoms with E-state index in [-0.39, 0.29) is 5.92 Å². The first-order chi connectivity index (χ1) is 19.0. The van der Waals surface area contributed by atoms with Crippen LogP contribution in [0.15, 0.2) is 67.0 Å². The molecule has 2 aromatic carbocycles. The Morgan fingerprint density at radius 3 is 2.31 bits per heavy atom. The number of aliphatic hydroxyl groups is 2. The third kappa shape index (κ3) is 5.48. The van der Waals surface area contributed by atoms with E-state index in [1.165, 1.54) is 6.33 Å². The van der Waals surface area contributed by atoms with Crippen molar-refractivity contribution in [2.24, 2.45) is 0 Å². The molecule has 0 saturated carbocycles. The van der Waals surface area contributed by atoms with E-state index in [1.54, 1.807) is 18.5 Å². The first-order valence-electron chi connectivity index (χ1n) is 13.0. The number of rotatable bonds is 10. The predicted molar refractivity (Wildman–Crippen MR) is 146 cm³/mol. The first kappa shape index (κ1) is 26.7. The molecule has 5 rings (SSSR count). The number of nitrogens with one attached hydrogen (secondary N) is 3. The van der Waals surface area contributed by atoms with Crippen molar-refractivity contribution in [1.82, 2.24) is 30.2 Å². The maximum atomic E-state index is 12.4. The van der Waals surface area contributed by atoms with Crippen LogP contribution in [0.5, 0.6) is 0 Å². The molecule has 11 nitrogen and oxygen atoms in total. The number of fused-ring (bicyclic) bond motifs is 1. The molecule has 1 fully saturated rings. The molecule has 0 aliphatic carbocycles. The standard InChI is InChI=1S/C28H33N7O4/c1-3-30-27(38)24-22(36)23(37)28(39-24)35-16-32-21-25(33-20(15-29-2)34-26(21)35)31-14-19(17-10-6-4-7-11-17)18-12-8-5-9-13-18/h4-13,16,19,22-24,28-29,36-37H,3,14-15H2,1-2H3,(H,30,38)(H,31,33,34). The van der Waals surface area contributed by atoms with E-state index in [2.05, 4.69) is 50.2 Å². The highest BCUT2D eigenvalue weighted by atomic mass is 16.6. The fourth-order valence-corrected chi connectivity index (χ4v) is 4.89. The van der Waals surface area contributed by atoms with Crippen LogP contribution in [0.4, 0.5) is 5.82 Å². The number of benzene rings is 2. The van der Waals surface area contributed by atoms with Gasteiger partial charge in [0.25, 0.3) is 5.91 Å². The van der Waals surface area contributed by atoms with Crippen molar-refractivity contribution < 1.29 is 19.7 Å². The van der Waals surface area contributed by atoms with Gasteiger partial charge < -0.3 is 30.9 Å². The summed E-state index contributed by atoms with van der Waals surface area (Å²) in [5, 5.41) is 30.5. The van der Waals surface area contributed by atoms with Crippen LogP contribution in [-0.2, 0) is 16.1 Å². The highest BCUT2D eigenvalue weighted by molar-refractivity contribution is 5.84. The number of carbonyl (C=O) groups excluding carboxylic acids is 1. The second-order valence-electron chi connectivity index (χ2n) is 9.42. The highest BCUT2D eigenvalue weighted by Gasteiger charge is 2.47. The second kappa shape index (κ2) is 11.9. The SMILES string of the molecule is CCNC(=O)C1OC(n2cnc3c(NCC(c4ccccc4)c4ccccc4)nc(CNC)nc32)C(O)C1O. The molecule has 4 atom stereocenters. The van der Waals surface area contributed by atoms with Gasteiger partial charge in [0.15, 0.2) is 29.3 Å². The molecule has 0 spiro atoms. The van der Waals surface area contributed by atoms with Gasteiger partial charge >= 0.3 is 0 Å². The number of ether oxygens (including phenoxy) is 1. The molecule has 39 heavy (non-hydrogen) atoms. The van der Waals surface area contributed by atoms with Gasteiger partial charge in [0.05, 0.1) is 12.9 Å². The second-order valence-corrected chi connectivity index (χ2v) is 9.42. The van der Waals surface area contributed by atoms with E-state index in [0.717, 1.165) is 11.1 Å². The molecule has 1 saturated heterocycles. The van der Waals surface area contributed by atoms with Crippen LogP contribution in [0.1, 0.15) is 36.0 Å². The Morgan fingerprint density at radius 2 is 1.69 bits per heavy atom. The molecule has 0 radical (unpaired) electrons. The topological polar surface area (TPSA) is 146 Å². The molecule has 2 aromatic heterocycles. The lowest BCUT2D eigenvalue weighted by Gasteiger charge is -2.20. The minimum Gasteiger partial charge on any atom is -0.387 e. The first-order valence-corrected chi connectivity index (χ1v) is 13.0. The molecule has 3 heterocycles. The van der Waals surface area contributed by atoms with Gasteiger partial charge in [-0.1, -0.05) is 60.7 Å². The number of hydrogen-bond donors (Lipinski definition) is 5. The zero-order chi connectivity index (χ0) is 27.4. The number of aromatic nitrogens is 4. The lowest BCUT2D eigenvalue weighted by molar-refractivity contribution is -0.137. The van der Waals surface area contributed by atoms with Crippen molar-refractivity contribution in [3.05, 3.63) is 83.9 Å². The van der Waals surface area contributed by atoms with Crippen LogP contribution in [0, 0.1) is 0 Å². The number of nitrogens with zero attached hydrogens (tertiary/aromatic N) is 4. The Morgan fingerprint density at radius 1 is 1.03 bits per heavy atom. The monoisotopic (exact) mass is 531 g/mol.